The Kier molecular flexibility index (Phi) is 4.95. The van der Waals surface area contributed by atoms with Crippen LogP contribution in [-0.2, 0) is 9.05 Å². The van der Waals surface area contributed by atoms with Gasteiger partial charge in [0.15, 0.2) is 0 Å². The van der Waals surface area contributed by atoms with Gasteiger partial charge in [-0.3, -0.25) is 4.98 Å². The summed E-state index contributed by atoms with van der Waals surface area (Å²) in [5.41, 5.74) is 0. The zero-order valence-corrected chi connectivity index (χ0v) is 11.4. The Hall–Kier alpha value is -1.30. The van der Waals surface area contributed by atoms with Gasteiger partial charge in [-0.1, -0.05) is 0 Å². The molecule has 2 aromatic rings. The normalized spacial score (nSPS) is 10.5. The minimum atomic E-state index is -3.69. The fraction of sp³-hybridized carbons (Fsp3) is 0. The molecule has 0 aliphatic carbocycles. The summed E-state index contributed by atoms with van der Waals surface area (Å²) in [4.78, 5) is 3.90. The Bertz CT molecular complexity index is 600. The Labute approximate surface area is 115 Å². The SMILES string of the molecule is Cl.O=S(=O)(Cl)c1ccc(Oc2ccncc2)cc1. The molecule has 0 fully saturated rings. The van der Waals surface area contributed by atoms with Crippen LogP contribution in [0.3, 0.4) is 0 Å². The number of ether oxygens (including phenoxy) is 1. The first-order valence-corrected chi connectivity index (χ1v) is 6.99. The number of hydrogen-bond acceptors (Lipinski definition) is 4. The summed E-state index contributed by atoms with van der Waals surface area (Å²) in [6.07, 6.45) is 3.21. The van der Waals surface area contributed by atoms with Crippen LogP contribution in [0.25, 0.3) is 0 Å². The van der Waals surface area contributed by atoms with E-state index in [9.17, 15) is 8.42 Å². The summed E-state index contributed by atoms with van der Waals surface area (Å²) >= 11 is 0. The lowest BCUT2D eigenvalue weighted by molar-refractivity contribution is 0.481. The van der Waals surface area contributed by atoms with Crippen molar-refractivity contribution < 1.29 is 13.2 Å². The first kappa shape index (κ1) is 14.8. The van der Waals surface area contributed by atoms with Crippen molar-refractivity contribution in [1.29, 1.82) is 0 Å². The molecule has 1 aromatic heterocycles. The molecule has 0 radical (unpaired) electrons. The lowest BCUT2D eigenvalue weighted by Crippen LogP contribution is -1.90. The summed E-state index contributed by atoms with van der Waals surface area (Å²) in [7, 11) is 1.51. The highest BCUT2D eigenvalue weighted by Gasteiger charge is 2.09. The first-order chi connectivity index (χ1) is 8.05. The zero-order valence-electron chi connectivity index (χ0n) is 8.99. The summed E-state index contributed by atoms with van der Waals surface area (Å²) < 4.78 is 27.5. The third kappa shape index (κ3) is 3.87. The third-order valence-corrected chi connectivity index (χ3v) is 3.36. The molecule has 0 amide bonds. The topological polar surface area (TPSA) is 56.3 Å². The van der Waals surface area contributed by atoms with Crippen molar-refractivity contribution >= 4 is 32.1 Å². The predicted octanol–water partition coefficient (Wildman–Crippen LogP) is 3.22. The molecule has 0 saturated carbocycles. The molecule has 0 bridgehead atoms. The second-order valence-corrected chi connectivity index (χ2v) is 5.76. The second kappa shape index (κ2) is 6.04. The highest BCUT2D eigenvalue weighted by Crippen LogP contribution is 2.23. The molecule has 18 heavy (non-hydrogen) atoms. The highest BCUT2D eigenvalue weighted by molar-refractivity contribution is 8.13. The average Bonchev–Trinajstić information content (AvgIpc) is 2.30. The molecule has 4 nitrogen and oxygen atoms in total. The Balaban J connectivity index is 0.00000162. The number of benzene rings is 1. The van der Waals surface area contributed by atoms with Gasteiger partial charge in [0, 0.05) is 23.1 Å². The summed E-state index contributed by atoms with van der Waals surface area (Å²) in [5, 5.41) is 0. The molecule has 7 heteroatoms. The van der Waals surface area contributed by atoms with Crippen LogP contribution < -0.4 is 4.74 Å². The summed E-state index contributed by atoms with van der Waals surface area (Å²) in [5.74, 6) is 1.15. The van der Waals surface area contributed by atoms with E-state index in [0.717, 1.165) is 0 Å². The van der Waals surface area contributed by atoms with Crippen molar-refractivity contribution in [2.75, 3.05) is 0 Å². The van der Waals surface area contributed by atoms with Crippen LogP contribution in [0.1, 0.15) is 0 Å². The van der Waals surface area contributed by atoms with Gasteiger partial charge in [0.2, 0.25) is 0 Å². The fourth-order valence-corrected chi connectivity index (χ4v) is 1.98. The van der Waals surface area contributed by atoms with Crippen LogP contribution in [0.15, 0.2) is 53.7 Å². The van der Waals surface area contributed by atoms with E-state index in [2.05, 4.69) is 4.98 Å². The van der Waals surface area contributed by atoms with Gasteiger partial charge >= 0.3 is 0 Å². The van der Waals surface area contributed by atoms with Crippen molar-refractivity contribution in [1.82, 2.24) is 4.98 Å². The van der Waals surface area contributed by atoms with E-state index in [4.69, 9.17) is 15.4 Å². The molecule has 0 spiro atoms. The summed E-state index contributed by atoms with van der Waals surface area (Å²) in [6.45, 7) is 0. The van der Waals surface area contributed by atoms with E-state index in [1.807, 2.05) is 0 Å². The van der Waals surface area contributed by atoms with Crippen LogP contribution in [0.4, 0.5) is 0 Å². The number of nitrogens with zero attached hydrogens (tertiary/aromatic N) is 1. The molecule has 1 heterocycles. The minimum Gasteiger partial charge on any atom is -0.457 e. The van der Waals surface area contributed by atoms with Crippen LogP contribution in [0, 0.1) is 0 Å². The van der Waals surface area contributed by atoms with Gasteiger partial charge in [-0.05, 0) is 36.4 Å². The largest absolute Gasteiger partial charge is 0.457 e. The van der Waals surface area contributed by atoms with E-state index in [0.29, 0.717) is 11.5 Å². The van der Waals surface area contributed by atoms with Gasteiger partial charge in [-0.25, -0.2) is 8.42 Å². The molecule has 0 saturated heterocycles. The molecular weight excluding hydrogens is 297 g/mol. The van der Waals surface area contributed by atoms with Crippen molar-refractivity contribution in [2.45, 2.75) is 4.90 Å². The summed E-state index contributed by atoms with van der Waals surface area (Å²) in [6, 6.07) is 9.25. The van der Waals surface area contributed by atoms with Crippen LogP contribution in [0.2, 0.25) is 0 Å². The van der Waals surface area contributed by atoms with Gasteiger partial charge < -0.3 is 4.74 Å². The van der Waals surface area contributed by atoms with E-state index in [1.165, 1.54) is 24.3 Å². The standard InChI is InChI=1S/C11H8ClNO3S.ClH/c12-17(14,15)11-3-1-9(2-4-11)16-10-5-7-13-8-6-10;/h1-8H;1H. The fourth-order valence-electron chi connectivity index (χ4n) is 1.21. The van der Waals surface area contributed by atoms with Crippen molar-refractivity contribution in [3.8, 4) is 11.5 Å². The van der Waals surface area contributed by atoms with Gasteiger partial charge in [0.1, 0.15) is 11.5 Å². The number of hydrogen-bond donors (Lipinski definition) is 0. The van der Waals surface area contributed by atoms with Crippen LogP contribution in [-0.4, -0.2) is 13.4 Å². The quantitative estimate of drug-likeness (QED) is 0.817. The molecular formula is C11H9Cl2NO3S. The molecule has 0 unspecified atom stereocenters. The monoisotopic (exact) mass is 305 g/mol. The molecule has 96 valence electrons. The Morgan fingerprint density at radius 3 is 1.94 bits per heavy atom. The maximum atomic E-state index is 11.0. The Morgan fingerprint density at radius 1 is 0.944 bits per heavy atom. The van der Waals surface area contributed by atoms with Crippen LogP contribution >= 0.6 is 23.1 Å². The maximum Gasteiger partial charge on any atom is 0.261 e. The highest BCUT2D eigenvalue weighted by atomic mass is 35.7. The Morgan fingerprint density at radius 2 is 1.44 bits per heavy atom. The van der Waals surface area contributed by atoms with Crippen molar-refractivity contribution in [3.63, 3.8) is 0 Å². The molecule has 0 aliphatic heterocycles. The average molecular weight is 306 g/mol. The second-order valence-electron chi connectivity index (χ2n) is 3.19. The first-order valence-electron chi connectivity index (χ1n) is 4.68. The smallest absolute Gasteiger partial charge is 0.261 e. The van der Waals surface area contributed by atoms with Crippen molar-refractivity contribution in [2.24, 2.45) is 0 Å². The van der Waals surface area contributed by atoms with Gasteiger partial charge in [0.05, 0.1) is 4.90 Å². The predicted molar refractivity (Wildman–Crippen MR) is 71.0 cm³/mol. The number of halogens is 2. The van der Waals surface area contributed by atoms with E-state index in [-0.39, 0.29) is 17.3 Å². The van der Waals surface area contributed by atoms with E-state index >= 15 is 0 Å². The van der Waals surface area contributed by atoms with Crippen LogP contribution in [0.5, 0.6) is 11.5 Å². The number of aromatic nitrogens is 1. The molecule has 1 aromatic carbocycles. The number of rotatable bonds is 3. The number of pyridine rings is 1. The minimum absolute atomic E-state index is 0. The van der Waals surface area contributed by atoms with E-state index in [1.54, 1.807) is 24.5 Å². The lowest BCUT2D eigenvalue weighted by Gasteiger charge is -2.05. The third-order valence-electron chi connectivity index (χ3n) is 1.99. The lowest BCUT2D eigenvalue weighted by atomic mass is 10.3. The zero-order chi connectivity index (χ0) is 12.3. The maximum absolute atomic E-state index is 11.0. The van der Waals surface area contributed by atoms with Gasteiger partial charge in [-0.15, -0.1) is 12.4 Å². The van der Waals surface area contributed by atoms with Gasteiger partial charge in [0.25, 0.3) is 9.05 Å². The molecule has 0 aliphatic rings. The molecule has 0 atom stereocenters. The molecule has 0 N–H and O–H groups in total. The van der Waals surface area contributed by atoms with E-state index < -0.39 is 9.05 Å². The van der Waals surface area contributed by atoms with Gasteiger partial charge in [-0.2, -0.15) is 0 Å². The molecule has 2 rings (SSSR count). The van der Waals surface area contributed by atoms with Crippen molar-refractivity contribution in [3.05, 3.63) is 48.8 Å².